The fourth-order valence-corrected chi connectivity index (χ4v) is 1.83. The van der Waals surface area contributed by atoms with E-state index in [9.17, 15) is 5.11 Å². The highest BCUT2D eigenvalue weighted by atomic mass is 35.5. The van der Waals surface area contributed by atoms with Gasteiger partial charge in [-0.1, -0.05) is 52.8 Å². The largest absolute Gasteiger partial charge is 0.491 e. The predicted molar refractivity (Wildman–Crippen MR) is 87.0 cm³/mol. The molecule has 20 heavy (non-hydrogen) atoms. The van der Waals surface area contributed by atoms with Crippen LogP contribution in [-0.2, 0) is 5.41 Å². The lowest BCUT2D eigenvalue weighted by Gasteiger charge is -2.23. The average molecular weight is 302 g/mol. The van der Waals surface area contributed by atoms with Crippen LogP contribution in [0.5, 0.6) is 5.75 Å². The van der Waals surface area contributed by atoms with Crippen LogP contribution >= 0.6 is 12.4 Å². The van der Waals surface area contributed by atoms with Crippen molar-refractivity contribution in [1.29, 1.82) is 0 Å². The molecule has 0 radical (unpaired) electrons. The Morgan fingerprint density at radius 3 is 2.35 bits per heavy atom. The van der Waals surface area contributed by atoms with E-state index in [4.69, 9.17) is 4.74 Å². The molecule has 4 heteroatoms. The van der Waals surface area contributed by atoms with E-state index in [1.807, 2.05) is 18.2 Å². The molecule has 0 heterocycles. The van der Waals surface area contributed by atoms with Crippen molar-refractivity contribution < 1.29 is 9.84 Å². The molecule has 0 spiro atoms. The molecule has 2 N–H and O–H groups in total. The molecule has 0 aliphatic rings. The van der Waals surface area contributed by atoms with Gasteiger partial charge in [0.25, 0.3) is 0 Å². The van der Waals surface area contributed by atoms with Gasteiger partial charge in [0.2, 0.25) is 0 Å². The first kappa shape index (κ1) is 19.2. The van der Waals surface area contributed by atoms with Gasteiger partial charge in [-0.15, -0.1) is 12.4 Å². The molecule has 1 aromatic rings. The van der Waals surface area contributed by atoms with Gasteiger partial charge >= 0.3 is 0 Å². The highest BCUT2D eigenvalue weighted by Gasteiger charge is 2.18. The van der Waals surface area contributed by atoms with E-state index in [-0.39, 0.29) is 17.8 Å². The number of halogens is 1. The topological polar surface area (TPSA) is 41.5 Å². The van der Waals surface area contributed by atoms with Gasteiger partial charge in [-0.2, -0.15) is 0 Å². The van der Waals surface area contributed by atoms with Crippen molar-refractivity contribution in [2.24, 2.45) is 0 Å². The SMILES string of the molecule is CC(C)NCC(O)COc1ccccc1C(C)(C)C.Cl. The third kappa shape index (κ3) is 6.60. The summed E-state index contributed by atoms with van der Waals surface area (Å²) in [6, 6.07) is 8.39. The van der Waals surface area contributed by atoms with E-state index in [0.29, 0.717) is 19.2 Å². The van der Waals surface area contributed by atoms with Crippen LogP contribution in [0.1, 0.15) is 40.2 Å². The molecule has 0 amide bonds. The monoisotopic (exact) mass is 301 g/mol. The number of aliphatic hydroxyl groups is 1. The number of para-hydroxylation sites is 1. The van der Waals surface area contributed by atoms with Gasteiger partial charge in [-0.3, -0.25) is 0 Å². The summed E-state index contributed by atoms with van der Waals surface area (Å²) in [7, 11) is 0. The quantitative estimate of drug-likeness (QED) is 0.848. The number of nitrogens with one attached hydrogen (secondary N) is 1. The Hall–Kier alpha value is -0.770. The summed E-state index contributed by atoms with van der Waals surface area (Å²) in [6.45, 7) is 11.5. The number of hydrogen-bond donors (Lipinski definition) is 2. The number of hydrogen-bond acceptors (Lipinski definition) is 3. The number of rotatable bonds is 6. The standard InChI is InChI=1S/C16H27NO2.ClH/c1-12(2)17-10-13(18)11-19-15-9-7-6-8-14(15)16(3,4)5;/h6-9,12-13,17-18H,10-11H2,1-5H3;1H. The van der Waals surface area contributed by atoms with Crippen LogP contribution in [0.2, 0.25) is 0 Å². The van der Waals surface area contributed by atoms with E-state index in [0.717, 1.165) is 5.75 Å². The highest BCUT2D eigenvalue weighted by Crippen LogP contribution is 2.30. The Bertz CT molecular complexity index is 388. The minimum atomic E-state index is -0.490. The molecule has 1 aromatic carbocycles. The predicted octanol–water partition coefficient (Wildman–Crippen LogP) is 3.14. The number of ether oxygens (including phenoxy) is 1. The summed E-state index contributed by atoms with van der Waals surface area (Å²) >= 11 is 0. The van der Waals surface area contributed by atoms with Gasteiger partial charge in [0.05, 0.1) is 0 Å². The van der Waals surface area contributed by atoms with Gasteiger partial charge in [0.15, 0.2) is 0 Å². The van der Waals surface area contributed by atoms with Crippen molar-refractivity contribution in [3.8, 4) is 5.75 Å². The lowest BCUT2D eigenvalue weighted by molar-refractivity contribution is 0.103. The maximum atomic E-state index is 9.87. The third-order valence-corrected chi connectivity index (χ3v) is 2.89. The van der Waals surface area contributed by atoms with E-state index in [1.165, 1.54) is 5.56 Å². The highest BCUT2D eigenvalue weighted by molar-refractivity contribution is 5.85. The summed E-state index contributed by atoms with van der Waals surface area (Å²) in [5, 5.41) is 13.1. The van der Waals surface area contributed by atoms with Crippen molar-refractivity contribution in [3.05, 3.63) is 29.8 Å². The lowest BCUT2D eigenvalue weighted by atomic mass is 9.86. The maximum Gasteiger partial charge on any atom is 0.123 e. The van der Waals surface area contributed by atoms with E-state index >= 15 is 0 Å². The van der Waals surface area contributed by atoms with Crippen LogP contribution in [0.3, 0.4) is 0 Å². The normalized spacial score (nSPS) is 12.9. The molecule has 0 aliphatic carbocycles. The van der Waals surface area contributed by atoms with Crippen LogP contribution in [-0.4, -0.2) is 30.4 Å². The molecule has 0 fully saturated rings. The Morgan fingerprint density at radius 1 is 1.20 bits per heavy atom. The van der Waals surface area contributed by atoms with Gasteiger partial charge in [0, 0.05) is 12.6 Å². The van der Waals surface area contributed by atoms with Crippen LogP contribution in [0.4, 0.5) is 0 Å². The first-order chi connectivity index (χ1) is 8.80. The van der Waals surface area contributed by atoms with Gasteiger partial charge in [-0.25, -0.2) is 0 Å². The fourth-order valence-electron chi connectivity index (χ4n) is 1.83. The minimum absolute atomic E-state index is 0. The summed E-state index contributed by atoms with van der Waals surface area (Å²) in [5.74, 6) is 0.860. The van der Waals surface area contributed by atoms with Gasteiger partial charge < -0.3 is 15.2 Å². The molecule has 0 aromatic heterocycles. The van der Waals surface area contributed by atoms with E-state index in [1.54, 1.807) is 0 Å². The third-order valence-electron chi connectivity index (χ3n) is 2.89. The second-order valence-corrected chi connectivity index (χ2v) is 6.27. The molecular formula is C16H28ClNO2. The van der Waals surface area contributed by atoms with Gasteiger partial charge in [-0.05, 0) is 17.0 Å². The Kier molecular flexibility index (Phi) is 8.17. The molecule has 0 saturated carbocycles. The Morgan fingerprint density at radius 2 is 1.80 bits per heavy atom. The summed E-state index contributed by atoms with van der Waals surface area (Å²) in [4.78, 5) is 0. The fraction of sp³-hybridized carbons (Fsp3) is 0.625. The molecule has 0 aliphatic heterocycles. The molecule has 1 atom stereocenters. The zero-order valence-electron chi connectivity index (χ0n) is 13.1. The molecule has 1 unspecified atom stereocenters. The number of benzene rings is 1. The zero-order chi connectivity index (χ0) is 14.5. The van der Waals surface area contributed by atoms with Crippen LogP contribution in [0, 0.1) is 0 Å². The summed E-state index contributed by atoms with van der Waals surface area (Å²) < 4.78 is 5.77. The lowest BCUT2D eigenvalue weighted by Crippen LogP contribution is -2.35. The van der Waals surface area contributed by atoms with Crippen molar-refractivity contribution >= 4 is 12.4 Å². The first-order valence-electron chi connectivity index (χ1n) is 6.94. The van der Waals surface area contributed by atoms with Crippen molar-refractivity contribution in [1.82, 2.24) is 5.32 Å². The van der Waals surface area contributed by atoms with Gasteiger partial charge in [0.1, 0.15) is 18.5 Å². The molecule has 3 nitrogen and oxygen atoms in total. The summed E-state index contributed by atoms with van der Waals surface area (Å²) in [5.41, 5.74) is 1.21. The maximum absolute atomic E-state index is 9.87. The van der Waals surface area contributed by atoms with E-state index < -0.39 is 6.10 Å². The van der Waals surface area contributed by atoms with Crippen LogP contribution in [0.25, 0.3) is 0 Å². The summed E-state index contributed by atoms with van der Waals surface area (Å²) in [6.07, 6.45) is -0.490. The number of aliphatic hydroxyl groups excluding tert-OH is 1. The first-order valence-corrected chi connectivity index (χ1v) is 6.94. The van der Waals surface area contributed by atoms with Crippen molar-refractivity contribution in [2.45, 2.75) is 52.2 Å². The molecular weight excluding hydrogens is 274 g/mol. The Balaban J connectivity index is 0.00000361. The molecule has 0 bridgehead atoms. The molecule has 116 valence electrons. The molecule has 1 rings (SSSR count). The smallest absolute Gasteiger partial charge is 0.123 e. The van der Waals surface area contributed by atoms with Crippen molar-refractivity contribution in [3.63, 3.8) is 0 Å². The van der Waals surface area contributed by atoms with Crippen molar-refractivity contribution in [2.75, 3.05) is 13.2 Å². The minimum Gasteiger partial charge on any atom is -0.491 e. The van der Waals surface area contributed by atoms with Crippen LogP contribution in [0.15, 0.2) is 24.3 Å². The second-order valence-electron chi connectivity index (χ2n) is 6.27. The van der Waals surface area contributed by atoms with Crippen LogP contribution < -0.4 is 10.1 Å². The average Bonchev–Trinajstić information content (AvgIpc) is 2.33. The zero-order valence-corrected chi connectivity index (χ0v) is 14.0. The molecule has 0 saturated heterocycles. The second kappa shape index (κ2) is 8.50. The Labute approximate surface area is 129 Å². The van der Waals surface area contributed by atoms with E-state index in [2.05, 4.69) is 46.0 Å².